The summed E-state index contributed by atoms with van der Waals surface area (Å²) in [5.41, 5.74) is 0. The van der Waals surface area contributed by atoms with Crippen LogP contribution in [0.2, 0.25) is 0 Å². The molecule has 2 nitrogen and oxygen atoms in total. The molecule has 2 fully saturated rings. The van der Waals surface area contributed by atoms with Gasteiger partial charge < -0.3 is 0 Å². The molecule has 0 spiro atoms. The molecule has 0 aromatic heterocycles. The first-order valence-electron chi connectivity index (χ1n) is 6.79. The van der Waals surface area contributed by atoms with Crippen molar-refractivity contribution in [1.29, 1.82) is 0 Å². The lowest BCUT2D eigenvalue weighted by Crippen LogP contribution is -2.53. The maximum Gasteiger partial charge on any atom is 0.102 e. The van der Waals surface area contributed by atoms with Gasteiger partial charge in [-0.25, -0.2) is 4.39 Å². The third-order valence-corrected chi connectivity index (χ3v) is 4.18. The highest BCUT2D eigenvalue weighted by Crippen LogP contribution is 2.26. The zero-order valence-corrected chi connectivity index (χ0v) is 10.7. The van der Waals surface area contributed by atoms with Gasteiger partial charge in [-0.1, -0.05) is 0 Å². The molecule has 1 heterocycles. The third kappa shape index (κ3) is 2.95. The van der Waals surface area contributed by atoms with Crippen LogP contribution in [0.3, 0.4) is 0 Å². The lowest BCUT2D eigenvalue weighted by atomic mass is 9.92. The maximum absolute atomic E-state index is 13.4. The van der Waals surface area contributed by atoms with Gasteiger partial charge in [0.15, 0.2) is 0 Å². The van der Waals surface area contributed by atoms with Crippen molar-refractivity contribution in [3.8, 4) is 0 Å². The lowest BCUT2D eigenvalue weighted by Gasteiger charge is -2.42. The van der Waals surface area contributed by atoms with E-state index in [0.29, 0.717) is 12.1 Å². The Morgan fingerprint density at radius 3 is 2.31 bits per heavy atom. The first-order valence-corrected chi connectivity index (χ1v) is 6.79. The summed E-state index contributed by atoms with van der Waals surface area (Å²) in [5.74, 6) is 0. The van der Waals surface area contributed by atoms with E-state index in [2.05, 4.69) is 23.6 Å². The van der Waals surface area contributed by atoms with Crippen molar-refractivity contribution in [3.63, 3.8) is 0 Å². The summed E-state index contributed by atoms with van der Waals surface area (Å²) >= 11 is 0. The van der Waals surface area contributed by atoms with Crippen molar-refractivity contribution < 1.29 is 4.39 Å². The fraction of sp³-hybridized carbons (Fsp3) is 1.00. The van der Waals surface area contributed by atoms with Crippen LogP contribution in [-0.4, -0.2) is 54.2 Å². The minimum Gasteiger partial charge on any atom is -0.298 e. The summed E-state index contributed by atoms with van der Waals surface area (Å²) in [4.78, 5) is 5.04. The molecule has 0 bridgehead atoms. The predicted octanol–water partition coefficient (Wildman–Crippen LogP) is 2.29. The molecule has 2 aliphatic rings. The molecular formula is C13H25FN2. The van der Waals surface area contributed by atoms with E-state index in [0.717, 1.165) is 45.4 Å². The Labute approximate surface area is 98.8 Å². The third-order valence-electron chi connectivity index (χ3n) is 4.18. The molecule has 0 radical (unpaired) electrons. The quantitative estimate of drug-likeness (QED) is 0.715. The van der Waals surface area contributed by atoms with Crippen molar-refractivity contribution in [2.75, 3.05) is 26.2 Å². The van der Waals surface area contributed by atoms with Crippen molar-refractivity contribution in [1.82, 2.24) is 9.80 Å². The fourth-order valence-corrected chi connectivity index (χ4v) is 3.06. The molecule has 2 atom stereocenters. The summed E-state index contributed by atoms with van der Waals surface area (Å²) in [6.45, 7) is 9.10. The Bertz CT molecular complexity index is 212. The maximum atomic E-state index is 13.4. The minimum atomic E-state index is -0.540. The average Bonchev–Trinajstić information content (AvgIpc) is 2.29. The van der Waals surface area contributed by atoms with Gasteiger partial charge in [-0.3, -0.25) is 9.80 Å². The molecule has 0 aromatic carbocycles. The summed E-state index contributed by atoms with van der Waals surface area (Å²) in [5, 5.41) is 0. The molecule has 0 aromatic rings. The summed E-state index contributed by atoms with van der Waals surface area (Å²) in [6.07, 6.45) is 3.32. The van der Waals surface area contributed by atoms with Gasteiger partial charge in [-0.2, -0.15) is 0 Å². The summed E-state index contributed by atoms with van der Waals surface area (Å²) < 4.78 is 13.4. The van der Waals surface area contributed by atoms with Crippen LogP contribution in [0, 0.1) is 0 Å². The largest absolute Gasteiger partial charge is 0.298 e. The number of rotatable bonds is 2. The van der Waals surface area contributed by atoms with Crippen LogP contribution in [0.1, 0.15) is 39.5 Å². The molecule has 16 heavy (non-hydrogen) atoms. The van der Waals surface area contributed by atoms with E-state index in [-0.39, 0.29) is 0 Å². The van der Waals surface area contributed by atoms with Crippen LogP contribution >= 0.6 is 0 Å². The monoisotopic (exact) mass is 228 g/mol. The van der Waals surface area contributed by atoms with Gasteiger partial charge in [0.25, 0.3) is 0 Å². The second kappa shape index (κ2) is 5.46. The van der Waals surface area contributed by atoms with E-state index < -0.39 is 6.17 Å². The first-order chi connectivity index (χ1) is 7.66. The molecular weight excluding hydrogens is 203 g/mol. The molecule has 0 unspecified atom stereocenters. The van der Waals surface area contributed by atoms with Gasteiger partial charge >= 0.3 is 0 Å². The number of hydrogen-bond acceptors (Lipinski definition) is 2. The van der Waals surface area contributed by atoms with E-state index in [1.165, 1.54) is 6.42 Å². The Morgan fingerprint density at radius 1 is 1.06 bits per heavy atom. The lowest BCUT2D eigenvalue weighted by molar-refractivity contribution is 0.0482. The number of alkyl halides is 1. The second-order valence-corrected chi connectivity index (χ2v) is 5.58. The number of piperazine rings is 1. The van der Waals surface area contributed by atoms with Crippen LogP contribution in [-0.2, 0) is 0 Å². The van der Waals surface area contributed by atoms with Crippen molar-refractivity contribution in [3.05, 3.63) is 0 Å². The Morgan fingerprint density at radius 2 is 1.75 bits per heavy atom. The van der Waals surface area contributed by atoms with E-state index in [1.807, 2.05) is 0 Å². The van der Waals surface area contributed by atoms with Crippen LogP contribution in [0.4, 0.5) is 4.39 Å². The molecule has 1 aliphatic heterocycles. The van der Waals surface area contributed by atoms with Crippen LogP contribution < -0.4 is 0 Å². The van der Waals surface area contributed by atoms with E-state index >= 15 is 0 Å². The van der Waals surface area contributed by atoms with Gasteiger partial charge in [0.1, 0.15) is 6.17 Å². The van der Waals surface area contributed by atoms with Crippen molar-refractivity contribution in [2.24, 2.45) is 0 Å². The van der Waals surface area contributed by atoms with Crippen LogP contribution in [0.25, 0.3) is 0 Å². The predicted molar refractivity (Wildman–Crippen MR) is 65.4 cm³/mol. The van der Waals surface area contributed by atoms with Gasteiger partial charge in [0.05, 0.1) is 0 Å². The van der Waals surface area contributed by atoms with E-state index in [1.54, 1.807) is 0 Å². The number of hydrogen-bond donors (Lipinski definition) is 0. The highest BCUT2D eigenvalue weighted by Gasteiger charge is 2.29. The zero-order chi connectivity index (χ0) is 11.5. The smallest absolute Gasteiger partial charge is 0.102 e. The first kappa shape index (κ1) is 12.3. The fourth-order valence-electron chi connectivity index (χ4n) is 3.06. The highest BCUT2D eigenvalue weighted by atomic mass is 19.1. The molecule has 3 heteroatoms. The van der Waals surface area contributed by atoms with E-state index in [9.17, 15) is 4.39 Å². The number of halogens is 1. The second-order valence-electron chi connectivity index (χ2n) is 5.58. The number of nitrogens with zero attached hydrogens (tertiary/aromatic N) is 2. The highest BCUT2D eigenvalue weighted by molar-refractivity contribution is 4.84. The summed E-state index contributed by atoms with van der Waals surface area (Å²) in [7, 11) is 0. The van der Waals surface area contributed by atoms with Crippen molar-refractivity contribution >= 4 is 0 Å². The molecule has 1 saturated heterocycles. The molecule has 2 rings (SSSR count). The Hall–Kier alpha value is -0.150. The summed E-state index contributed by atoms with van der Waals surface area (Å²) in [6, 6.07) is 1.18. The van der Waals surface area contributed by atoms with Gasteiger partial charge in [-0.15, -0.1) is 0 Å². The standard InChI is InChI=1S/C13H25FN2/c1-11(2)15-6-8-16(9-7-15)13-5-3-4-12(14)10-13/h11-13H,3-10H2,1-2H3/t12-,13-/m1/s1. The molecule has 1 aliphatic carbocycles. The van der Waals surface area contributed by atoms with E-state index in [4.69, 9.17) is 0 Å². The molecule has 94 valence electrons. The normalized spacial score (nSPS) is 34.5. The topological polar surface area (TPSA) is 6.48 Å². The SMILES string of the molecule is CC(C)N1CCN([C@@H]2CCC[C@@H](F)C2)CC1. The molecule has 1 saturated carbocycles. The van der Waals surface area contributed by atoms with Crippen LogP contribution in [0.15, 0.2) is 0 Å². The van der Waals surface area contributed by atoms with Gasteiger partial charge in [-0.05, 0) is 39.5 Å². The van der Waals surface area contributed by atoms with Gasteiger partial charge in [0.2, 0.25) is 0 Å². The zero-order valence-electron chi connectivity index (χ0n) is 10.7. The molecule has 0 N–H and O–H groups in total. The van der Waals surface area contributed by atoms with Crippen molar-refractivity contribution in [2.45, 2.75) is 57.8 Å². The van der Waals surface area contributed by atoms with Crippen LogP contribution in [0.5, 0.6) is 0 Å². The average molecular weight is 228 g/mol. The Kier molecular flexibility index (Phi) is 4.20. The molecule has 0 amide bonds. The minimum absolute atomic E-state index is 0.526. The Balaban J connectivity index is 1.79. The van der Waals surface area contributed by atoms with Gasteiger partial charge in [0, 0.05) is 38.3 Å².